The Hall–Kier alpha value is -3.90. The largest absolute Gasteiger partial charge is 0.0613 e. The average molecular weight is 495 g/mol. The monoisotopic (exact) mass is 494 g/mol. The molecule has 0 saturated heterocycles. The van der Waals surface area contributed by atoms with Crippen molar-refractivity contribution in [1.29, 1.82) is 0 Å². The van der Waals surface area contributed by atoms with E-state index in [9.17, 15) is 0 Å². The summed E-state index contributed by atoms with van der Waals surface area (Å²) >= 11 is 0. The standard InChI is InChI=1S/C38H38/c1-7-29-23-38(34-17-13-32(14-18-34)36-20-10-26(4)22-28(36)6)30(8-2)24-37(29)33-15-11-31(12-16-33)35-19-9-25(3)21-27(35)5/h9-24H,7-8H2,1-6H3. The number of aryl methyl sites for hydroxylation is 6. The Bertz CT molecular complexity index is 1460. The Balaban J connectivity index is 1.50. The summed E-state index contributed by atoms with van der Waals surface area (Å²) in [4.78, 5) is 0. The molecule has 0 spiro atoms. The fourth-order valence-corrected chi connectivity index (χ4v) is 5.75. The highest BCUT2D eigenvalue weighted by Gasteiger charge is 2.13. The van der Waals surface area contributed by atoms with Gasteiger partial charge in [0.15, 0.2) is 0 Å². The molecule has 0 aliphatic heterocycles. The SMILES string of the molecule is CCc1cc(-c2ccc(-c3ccc(C)cc3C)cc2)c(CC)cc1-c1ccc(-c2ccc(C)cc2C)cc1. The van der Waals surface area contributed by atoms with Crippen LogP contribution >= 0.6 is 0 Å². The lowest BCUT2D eigenvalue weighted by Crippen LogP contribution is -1.96. The van der Waals surface area contributed by atoms with Gasteiger partial charge >= 0.3 is 0 Å². The van der Waals surface area contributed by atoms with E-state index in [2.05, 4.69) is 139 Å². The van der Waals surface area contributed by atoms with Gasteiger partial charge < -0.3 is 0 Å². The maximum atomic E-state index is 2.43. The first-order valence-electron chi connectivity index (χ1n) is 13.9. The highest BCUT2D eigenvalue weighted by molar-refractivity contribution is 5.80. The molecule has 0 radical (unpaired) electrons. The van der Waals surface area contributed by atoms with E-state index in [1.807, 2.05) is 0 Å². The molecule has 5 aromatic carbocycles. The zero-order valence-corrected chi connectivity index (χ0v) is 23.7. The van der Waals surface area contributed by atoms with Crippen molar-refractivity contribution in [2.24, 2.45) is 0 Å². The van der Waals surface area contributed by atoms with E-state index in [4.69, 9.17) is 0 Å². The second-order valence-corrected chi connectivity index (χ2v) is 10.7. The molecule has 0 aromatic heterocycles. The smallest absolute Gasteiger partial charge is 0.0149 e. The third-order valence-corrected chi connectivity index (χ3v) is 7.87. The summed E-state index contributed by atoms with van der Waals surface area (Å²) in [6.07, 6.45) is 2.01. The maximum Gasteiger partial charge on any atom is -0.0149 e. The van der Waals surface area contributed by atoms with Crippen molar-refractivity contribution < 1.29 is 0 Å². The van der Waals surface area contributed by atoms with Gasteiger partial charge in [-0.15, -0.1) is 0 Å². The van der Waals surface area contributed by atoms with Crippen LogP contribution in [0.5, 0.6) is 0 Å². The molecule has 0 heteroatoms. The van der Waals surface area contributed by atoms with Crippen molar-refractivity contribution in [3.8, 4) is 44.5 Å². The first kappa shape index (κ1) is 25.7. The molecule has 0 atom stereocenters. The molecular weight excluding hydrogens is 456 g/mol. The highest BCUT2D eigenvalue weighted by atomic mass is 14.2. The lowest BCUT2D eigenvalue weighted by atomic mass is 9.87. The van der Waals surface area contributed by atoms with Gasteiger partial charge in [0.25, 0.3) is 0 Å². The van der Waals surface area contributed by atoms with E-state index in [0.717, 1.165) is 12.8 Å². The first-order chi connectivity index (χ1) is 18.4. The molecule has 0 nitrogen and oxygen atoms in total. The van der Waals surface area contributed by atoms with Gasteiger partial charge in [0, 0.05) is 0 Å². The van der Waals surface area contributed by atoms with E-state index >= 15 is 0 Å². The van der Waals surface area contributed by atoms with Crippen molar-refractivity contribution >= 4 is 0 Å². The third kappa shape index (κ3) is 5.09. The molecule has 0 unspecified atom stereocenters. The van der Waals surface area contributed by atoms with Gasteiger partial charge in [0.05, 0.1) is 0 Å². The summed E-state index contributed by atoms with van der Waals surface area (Å²) in [5.41, 5.74) is 18.5. The molecule has 38 heavy (non-hydrogen) atoms. The van der Waals surface area contributed by atoms with Crippen LogP contribution in [-0.2, 0) is 12.8 Å². The maximum absolute atomic E-state index is 2.43. The molecule has 190 valence electrons. The van der Waals surface area contributed by atoms with Crippen LogP contribution in [0.25, 0.3) is 44.5 Å². The van der Waals surface area contributed by atoms with Crippen LogP contribution in [0.15, 0.2) is 97.1 Å². The van der Waals surface area contributed by atoms with E-state index in [1.54, 1.807) is 0 Å². The summed E-state index contributed by atoms with van der Waals surface area (Å²) in [6.45, 7) is 13.2. The van der Waals surface area contributed by atoms with E-state index in [1.165, 1.54) is 77.9 Å². The van der Waals surface area contributed by atoms with Gasteiger partial charge in [-0.2, -0.15) is 0 Å². The quantitative estimate of drug-likeness (QED) is 0.220. The van der Waals surface area contributed by atoms with Crippen molar-refractivity contribution in [1.82, 2.24) is 0 Å². The van der Waals surface area contributed by atoms with Crippen LogP contribution in [0.1, 0.15) is 47.2 Å². The van der Waals surface area contributed by atoms with Gasteiger partial charge in [-0.1, -0.05) is 122 Å². The number of hydrogen-bond acceptors (Lipinski definition) is 0. The molecule has 0 heterocycles. The number of benzene rings is 5. The number of hydrogen-bond donors (Lipinski definition) is 0. The average Bonchev–Trinajstić information content (AvgIpc) is 2.93. The highest BCUT2D eigenvalue weighted by Crippen LogP contribution is 2.36. The van der Waals surface area contributed by atoms with Crippen LogP contribution in [-0.4, -0.2) is 0 Å². The molecule has 0 aliphatic rings. The van der Waals surface area contributed by atoms with Gasteiger partial charge in [0.2, 0.25) is 0 Å². The van der Waals surface area contributed by atoms with Gasteiger partial charge in [-0.3, -0.25) is 0 Å². The summed E-state index contributed by atoms with van der Waals surface area (Å²) in [5.74, 6) is 0. The van der Waals surface area contributed by atoms with Crippen LogP contribution in [0.3, 0.4) is 0 Å². The molecule has 0 N–H and O–H groups in total. The Morgan fingerprint density at radius 1 is 0.368 bits per heavy atom. The second kappa shape index (κ2) is 10.8. The molecule has 0 bridgehead atoms. The van der Waals surface area contributed by atoms with E-state index in [-0.39, 0.29) is 0 Å². The Morgan fingerprint density at radius 2 is 0.684 bits per heavy atom. The molecular formula is C38H38. The fourth-order valence-electron chi connectivity index (χ4n) is 5.75. The lowest BCUT2D eigenvalue weighted by molar-refractivity contribution is 1.11. The van der Waals surface area contributed by atoms with Gasteiger partial charge in [0.1, 0.15) is 0 Å². The molecule has 0 saturated carbocycles. The van der Waals surface area contributed by atoms with Gasteiger partial charge in [-0.05, 0) is 107 Å². The Labute approximate surface area is 229 Å². The topological polar surface area (TPSA) is 0 Å². The minimum Gasteiger partial charge on any atom is -0.0613 e. The predicted octanol–water partition coefficient (Wildman–Crippen LogP) is 10.7. The number of rotatable bonds is 6. The third-order valence-electron chi connectivity index (χ3n) is 7.87. The summed E-state index contributed by atoms with van der Waals surface area (Å²) in [6, 6.07) is 36.5. The minimum absolute atomic E-state index is 1.01. The van der Waals surface area contributed by atoms with Crippen LogP contribution in [0, 0.1) is 27.7 Å². The lowest BCUT2D eigenvalue weighted by Gasteiger charge is -2.17. The van der Waals surface area contributed by atoms with Crippen molar-refractivity contribution in [2.45, 2.75) is 54.4 Å². The zero-order chi connectivity index (χ0) is 26.8. The Kier molecular flexibility index (Phi) is 7.34. The molecule has 0 amide bonds. The van der Waals surface area contributed by atoms with Crippen molar-refractivity contribution in [3.05, 3.63) is 130 Å². The normalized spacial score (nSPS) is 11.1. The minimum atomic E-state index is 1.01. The summed E-state index contributed by atoms with van der Waals surface area (Å²) in [5, 5.41) is 0. The van der Waals surface area contributed by atoms with E-state index < -0.39 is 0 Å². The summed E-state index contributed by atoms with van der Waals surface area (Å²) in [7, 11) is 0. The van der Waals surface area contributed by atoms with Crippen molar-refractivity contribution in [2.75, 3.05) is 0 Å². The van der Waals surface area contributed by atoms with Crippen LogP contribution in [0.2, 0.25) is 0 Å². The van der Waals surface area contributed by atoms with E-state index in [0.29, 0.717) is 0 Å². The zero-order valence-electron chi connectivity index (χ0n) is 23.7. The molecule has 5 aromatic rings. The summed E-state index contributed by atoms with van der Waals surface area (Å²) < 4.78 is 0. The second-order valence-electron chi connectivity index (χ2n) is 10.7. The fraction of sp³-hybridized carbons (Fsp3) is 0.211. The molecule has 0 aliphatic carbocycles. The first-order valence-corrected chi connectivity index (χ1v) is 13.9. The van der Waals surface area contributed by atoms with Crippen LogP contribution < -0.4 is 0 Å². The molecule has 0 fully saturated rings. The van der Waals surface area contributed by atoms with Crippen molar-refractivity contribution in [3.63, 3.8) is 0 Å². The predicted molar refractivity (Wildman–Crippen MR) is 166 cm³/mol. The van der Waals surface area contributed by atoms with Gasteiger partial charge in [-0.25, -0.2) is 0 Å². The van der Waals surface area contributed by atoms with Crippen LogP contribution in [0.4, 0.5) is 0 Å². The molecule has 5 rings (SSSR count). The Morgan fingerprint density at radius 3 is 0.974 bits per heavy atom.